The zero-order valence-electron chi connectivity index (χ0n) is 16.4. The normalized spacial score (nSPS) is 15.7. The Balaban J connectivity index is 1.77. The highest BCUT2D eigenvalue weighted by atomic mass is 35.5. The second-order valence-electron chi connectivity index (χ2n) is 6.94. The number of halogens is 1. The van der Waals surface area contributed by atoms with Crippen LogP contribution in [0, 0.1) is 0 Å². The molecule has 2 aromatic rings. The summed E-state index contributed by atoms with van der Waals surface area (Å²) in [5, 5.41) is 3.58. The molecule has 2 aromatic carbocycles. The first-order valence-corrected chi connectivity index (χ1v) is 10.00. The molecule has 0 bridgehead atoms. The van der Waals surface area contributed by atoms with E-state index in [2.05, 4.69) is 22.3 Å². The van der Waals surface area contributed by atoms with Gasteiger partial charge in [0.15, 0.2) is 0 Å². The first-order valence-electron chi connectivity index (χ1n) is 9.62. The maximum atomic E-state index is 12.8. The lowest BCUT2D eigenvalue weighted by atomic mass is 10.0. The molecule has 0 aromatic heterocycles. The maximum Gasteiger partial charge on any atom is 0.255 e. The molecule has 0 saturated carbocycles. The fourth-order valence-corrected chi connectivity index (χ4v) is 3.83. The van der Waals surface area contributed by atoms with Gasteiger partial charge in [0.05, 0.1) is 25.8 Å². The Morgan fingerprint density at radius 3 is 2.43 bits per heavy atom. The number of carbonyl (C=O) groups excluding carboxylic acids is 1. The Hall–Kier alpha value is -2.24. The Morgan fingerprint density at radius 2 is 1.79 bits per heavy atom. The van der Waals surface area contributed by atoms with Crippen LogP contribution in [0.15, 0.2) is 42.5 Å². The lowest BCUT2D eigenvalue weighted by molar-refractivity contribution is 0.0921. The van der Waals surface area contributed by atoms with E-state index < -0.39 is 0 Å². The minimum absolute atomic E-state index is 0.111. The van der Waals surface area contributed by atoms with Crippen molar-refractivity contribution in [2.75, 3.05) is 33.9 Å². The summed E-state index contributed by atoms with van der Waals surface area (Å²) in [6, 6.07) is 13.3. The van der Waals surface area contributed by atoms with Gasteiger partial charge in [0.1, 0.15) is 11.5 Å². The third-order valence-corrected chi connectivity index (χ3v) is 5.43. The largest absolute Gasteiger partial charge is 0.497 e. The molecule has 150 valence electrons. The Kier molecular flexibility index (Phi) is 7.18. The van der Waals surface area contributed by atoms with Gasteiger partial charge >= 0.3 is 0 Å². The molecule has 5 nitrogen and oxygen atoms in total. The lowest BCUT2D eigenvalue weighted by Crippen LogP contribution is -2.40. The van der Waals surface area contributed by atoms with Gasteiger partial charge in [0.25, 0.3) is 5.91 Å². The zero-order valence-corrected chi connectivity index (χ0v) is 17.2. The number of carbonyl (C=O) groups is 1. The minimum atomic E-state index is -0.185. The first kappa shape index (κ1) is 20.5. The van der Waals surface area contributed by atoms with Gasteiger partial charge in [-0.2, -0.15) is 0 Å². The van der Waals surface area contributed by atoms with Gasteiger partial charge in [0, 0.05) is 11.6 Å². The third kappa shape index (κ3) is 4.97. The topological polar surface area (TPSA) is 50.8 Å². The summed E-state index contributed by atoms with van der Waals surface area (Å²) in [6.45, 7) is 2.58. The quantitative estimate of drug-likeness (QED) is 0.749. The molecular weight excluding hydrogens is 376 g/mol. The number of amides is 1. The zero-order chi connectivity index (χ0) is 19.9. The van der Waals surface area contributed by atoms with E-state index in [0.29, 0.717) is 22.9 Å². The van der Waals surface area contributed by atoms with Crippen LogP contribution in [-0.4, -0.2) is 44.7 Å². The van der Waals surface area contributed by atoms with Crippen molar-refractivity contribution in [2.24, 2.45) is 0 Å². The highest BCUT2D eigenvalue weighted by molar-refractivity contribution is 6.31. The van der Waals surface area contributed by atoms with Gasteiger partial charge in [-0.3, -0.25) is 9.69 Å². The second kappa shape index (κ2) is 9.80. The van der Waals surface area contributed by atoms with Crippen molar-refractivity contribution in [3.8, 4) is 11.5 Å². The van der Waals surface area contributed by atoms with Crippen LogP contribution >= 0.6 is 11.6 Å². The molecule has 1 N–H and O–H groups in total. The highest BCUT2D eigenvalue weighted by Crippen LogP contribution is 2.27. The average molecular weight is 403 g/mol. The van der Waals surface area contributed by atoms with Crippen molar-refractivity contribution < 1.29 is 14.3 Å². The molecule has 1 unspecified atom stereocenters. The van der Waals surface area contributed by atoms with Crippen LogP contribution in [0.2, 0.25) is 5.02 Å². The minimum Gasteiger partial charge on any atom is -0.497 e. The molecular formula is C22H27ClN2O3. The van der Waals surface area contributed by atoms with Crippen molar-refractivity contribution in [3.63, 3.8) is 0 Å². The lowest BCUT2D eigenvalue weighted by Gasteiger charge is -2.35. The Morgan fingerprint density at radius 1 is 1.07 bits per heavy atom. The van der Waals surface area contributed by atoms with E-state index in [1.807, 2.05) is 12.1 Å². The molecule has 0 radical (unpaired) electrons. The molecule has 1 atom stereocenters. The SMILES string of the molecule is COc1ccc(C(CNC(=O)c2cc(Cl)ccc2OC)N2CCCCC2)cc1. The summed E-state index contributed by atoms with van der Waals surface area (Å²) >= 11 is 6.07. The summed E-state index contributed by atoms with van der Waals surface area (Å²) in [7, 11) is 3.21. The van der Waals surface area contributed by atoms with Crippen LogP contribution < -0.4 is 14.8 Å². The maximum absolute atomic E-state index is 12.8. The fourth-order valence-electron chi connectivity index (χ4n) is 3.66. The number of ether oxygens (including phenoxy) is 2. The van der Waals surface area contributed by atoms with E-state index >= 15 is 0 Å². The summed E-state index contributed by atoms with van der Waals surface area (Å²) in [5.41, 5.74) is 1.61. The molecule has 3 rings (SSSR count). The summed E-state index contributed by atoms with van der Waals surface area (Å²) < 4.78 is 10.6. The van der Waals surface area contributed by atoms with Crippen molar-refractivity contribution in [3.05, 3.63) is 58.6 Å². The molecule has 28 heavy (non-hydrogen) atoms. The van der Waals surface area contributed by atoms with E-state index in [1.165, 1.54) is 24.8 Å². The van der Waals surface area contributed by atoms with E-state index in [4.69, 9.17) is 21.1 Å². The number of benzene rings is 2. The van der Waals surface area contributed by atoms with Crippen LogP contribution in [0.4, 0.5) is 0 Å². The van der Waals surface area contributed by atoms with Crippen LogP contribution in [0.25, 0.3) is 0 Å². The molecule has 1 aliphatic rings. The summed E-state index contributed by atoms with van der Waals surface area (Å²) in [6.07, 6.45) is 3.63. The molecule has 1 aliphatic heterocycles. The number of hydrogen-bond donors (Lipinski definition) is 1. The smallest absolute Gasteiger partial charge is 0.255 e. The first-order chi connectivity index (χ1) is 13.6. The van der Waals surface area contributed by atoms with E-state index in [1.54, 1.807) is 32.4 Å². The number of nitrogens with one attached hydrogen (secondary N) is 1. The van der Waals surface area contributed by atoms with Gasteiger partial charge in [-0.05, 0) is 61.8 Å². The van der Waals surface area contributed by atoms with Gasteiger partial charge in [-0.1, -0.05) is 30.2 Å². The van der Waals surface area contributed by atoms with Crippen molar-refractivity contribution in [1.82, 2.24) is 10.2 Å². The van der Waals surface area contributed by atoms with Gasteiger partial charge in [-0.15, -0.1) is 0 Å². The molecule has 1 saturated heterocycles. The molecule has 1 fully saturated rings. The number of hydrogen-bond acceptors (Lipinski definition) is 4. The van der Waals surface area contributed by atoms with Crippen LogP contribution in [-0.2, 0) is 0 Å². The predicted molar refractivity (Wildman–Crippen MR) is 111 cm³/mol. The fraction of sp³-hybridized carbons (Fsp3) is 0.409. The van der Waals surface area contributed by atoms with Crippen molar-refractivity contribution in [1.29, 1.82) is 0 Å². The number of nitrogens with zero attached hydrogens (tertiary/aromatic N) is 1. The number of methoxy groups -OCH3 is 2. The second-order valence-corrected chi connectivity index (χ2v) is 7.38. The number of rotatable bonds is 7. The van der Waals surface area contributed by atoms with Crippen LogP contribution in [0.3, 0.4) is 0 Å². The molecule has 1 heterocycles. The van der Waals surface area contributed by atoms with Crippen LogP contribution in [0.5, 0.6) is 11.5 Å². The number of piperidine rings is 1. The van der Waals surface area contributed by atoms with E-state index in [0.717, 1.165) is 18.8 Å². The van der Waals surface area contributed by atoms with Crippen molar-refractivity contribution in [2.45, 2.75) is 25.3 Å². The van der Waals surface area contributed by atoms with Crippen LogP contribution in [0.1, 0.15) is 41.2 Å². The number of likely N-dealkylation sites (tertiary alicyclic amines) is 1. The van der Waals surface area contributed by atoms with Gasteiger partial charge < -0.3 is 14.8 Å². The predicted octanol–water partition coefficient (Wildman–Crippen LogP) is 4.31. The van der Waals surface area contributed by atoms with E-state index in [9.17, 15) is 4.79 Å². The Labute approximate surface area is 171 Å². The van der Waals surface area contributed by atoms with Crippen molar-refractivity contribution >= 4 is 17.5 Å². The van der Waals surface area contributed by atoms with Gasteiger partial charge in [0.2, 0.25) is 0 Å². The van der Waals surface area contributed by atoms with Gasteiger partial charge in [-0.25, -0.2) is 0 Å². The molecule has 0 spiro atoms. The third-order valence-electron chi connectivity index (χ3n) is 5.19. The molecule has 1 amide bonds. The average Bonchev–Trinajstić information content (AvgIpc) is 2.75. The van der Waals surface area contributed by atoms with E-state index in [-0.39, 0.29) is 11.9 Å². The molecule has 0 aliphatic carbocycles. The monoisotopic (exact) mass is 402 g/mol. The summed E-state index contributed by atoms with van der Waals surface area (Å²) in [4.78, 5) is 15.3. The standard InChI is InChI=1S/C22H27ClN2O3/c1-27-18-9-6-16(7-10-18)20(25-12-4-3-5-13-25)15-24-22(26)19-14-17(23)8-11-21(19)28-2/h6-11,14,20H,3-5,12-13,15H2,1-2H3,(H,24,26). The summed E-state index contributed by atoms with van der Waals surface area (Å²) in [5.74, 6) is 1.16. The highest BCUT2D eigenvalue weighted by Gasteiger charge is 2.24. The molecule has 6 heteroatoms. The Bertz CT molecular complexity index is 789.